The molecule has 2 aromatic rings. The number of aliphatic hydroxyl groups excluding tert-OH is 1. The van der Waals surface area contributed by atoms with Crippen molar-refractivity contribution in [2.45, 2.75) is 18.4 Å². The molecule has 0 fully saturated rings. The molecule has 0 unspecified atom stereocenters. The first-order chi connectivity index (χ1) is 10.5. The first kappa shape index (κ1) is 16.2. The summed E-state index contributed by atoms with van der Waals surface area (Å²) in [5.74, 6) is 5.38. The zero-order valence-electron chi connectivity index (χ0n) is 12.2. The van der Waals surface area contributed by atoms with Gasteiger partial charge in [0.05, 0.1) is 4.90 Å². The molecule has 0 bridgehead atoms. The van der Waals surface area contributed by atoms with Crippen LogP contribution in [0.3, 0.4) is 0 Å². The monoisotopic (exact) mass is 315 g/mol. The summed E-state index contributed by atoms with van der Waals surface area (Å²) < 4.78 is 27.1. The van der Waals surface area contributed by atoms with Crippen molar-refractivity contribution in [2.75, 3.05) is 6.61 Å². The quantitative estimate of drug-likeness (QED) is 0.846. The molecule has 2 rings (SSSR count). The Labute approximate surface area is 130 Å². The van der Waals surface area contributed by atoms with E-state index in [0.717, 1.165) is 11.1 Å². The summed E-state index contributed by atoms with van der Waals surface area (Å²) in [7, 11) is -3.56. The molecule has 5 heteroatoms. The SMILES string of the molecule is Cc1ccc(S(=O)(=O)NCc2ccccc2C#CCO)cc1. The van der Waals surface area contributed by atoms with E-state index in [9.17, 15) is 8.42 Å². The van der Waals surface area contributed by atoms with E-state index in [1.165, 1.54) is 0 Å². The summed E-state index contributed by atoms with van der Waals surface area (Å²) in [6, 6.07) is 13.9. The highest BCUT2D eigenvalue weighted by Gasteiger charge is 2.13. The fourth-order valence-corrected chi connectivity index (χ4v) is 2.91. The van der Waals surface area contributed by atoms with Gasteiger partial charge in [0.1, 0.15) is 6.61 Å². The van der Waals surface area contributed by atoms with Crippen LogP contribution >= 0.6 is 0 Å². The number of nitrogens with one attached hydrogen (secondary N) is 1. The second-order valence-electron chi connectivity index (χ2n) is 4.75. The van der Waals surface area contributed by atoms with Gasteiger partial charge in [-0.25, -0.2) is 13.1 Å². The summed E-state index contributed by atoms with van der Waals surface area (Å²) in [5.41, 5.74) is 2.46. The lowest BCUT2D eigenvalue weighted by Gasteiger charge is -2.08. The van der Waals surface area contributed by atoms with Crippen LogP contribution in [0, 0.1) is 18.8 Å². The van der Waals surface area contributed by atoms with E-state index in [1.54, 1.807) is 36.4 Å². The number of benzene rings is 2. The number of sulfonamides is 1. The van der Waals surface area contributed by atoms with Gasteiger partial charge in [0.2, 0.25) is 10.0 Å². The molecule has 2 N–H and O–H groups in total. The molecule has 0 radical (unpaired) electrons. The largest absolute Gasteiger partial charge is 0.384 e. The Morgan fingerprint density at radius 2 is 1.77 bits per heavy atom. The molecule has 22 heavy (non-hydrogen) atoms. The van der Waals surface area contributed by atoms with Gasteiger partial charge in [-0.05, 0) is 30.7 Å². The van der Waals surface area contributed by atoms with Crippen molar-refractivity contribution >= 4 is 10.0 Å². The van der Waals surface area contributed by atoms with E-state index in [2.05, 4.69) is 16.6 Å². The summed E-state index contributed by atoms with van der Waals surface area (Å²) in [6.07, 6.45) is 0. The zero-order chi connectivity index (χ0) is 16.0. The van der Waals surface area contributed by atoms with Crippen molar-refractivity contribution in [1.82, 2.24) is 4.72 Å². The molecule has 0 heterocycles. The molecule has 114 valence electrons. The van der Waals surface area contributed by atoms with Gasteiger partial charge in [-0.15, -0.1) is 0 Å². The molecule has 0 aliphatic carbocycles. The predicted molar refractivity (Wildman–Crippen MR) is 85.6 cm³/mol. The van der Waals surface area contributed by atoms with Crippen LogP contribution in [0.1, 0.15) is 16.7 Å². The highest BCUT2D eigenvalue weighted by molar-refractivity contribution is 7.89. The third-order valence-corrected chi connectivity index (χ3v) is 4.52. The van der Waals surface area contributed by atoms with Gasteiger partial charge < -0.3 is 5.11 Å². The average molecular weight is 315 g/mol. The minimum absolute atomic E-state index is 0.145. The van der Waals surface area contributed by atoms with Crippen molar-refractivity contribution in [3.05, 3.63) is 65.2 Å². The molecule has 0 aliphatic rings. The Hall–Kier alpha value is -2.13. The minimum atomic E-state index is -3.56. The fraction of sp³-hybridized carbons (Fsp3) is 0.176. The molecule has 0 spiro atoms. The number of hydrogen-bond donors (Lipinski definition) is 2. The smallest absolute Gasteiger partial charge is 0.240 e. The van der Waals surface area contributed by atoms with Gasteiger partial charge >= 0.3 is 0 Å². The van der Waals surface area contributed by atoms with Crippen LogP contribution in [-0.2, 0) is 16.6 Å². The molecule has 0 aliphatic heterocycles. The van der Waals surface area contributed by atoms with E-state index >= 15 is 0 Å². The number of rotatable bonds is 4. The standard InChI is InChI=1S/C17H17NO3S/c1-14-8-10-17(11-9-14)22(20,21)18-13-16-6-3-2-5-15(16)7-4-12-19/h2-3,5-6,8-11,18-19H,12-13H2,1H3. The van der Waals surface area contributed by atoms with Crippen molar-refractivity contribution in [3.63, 3.8) is 0 Å². The van der Waals surface area contributed by atoms with Crippen LogP contribution in [0.25, 0.3) is 0 Å². The normalized spacial score (nSPS) is 10.8. The maximum absolute atomic E-state index is 12.3. The maximum Gasteiger partial charge on any atom is 0.240 e. The highest BCUT2D eigenvalue weighted by atomic mass is 32.2. The van der Waals surface area contributed by atoms with E-state index in [1.807, 2.05) is 19.1 Å². The van der Waals surface area contributed by atoms with E-state index in [-0.39, 0.29) is 18.0 Å². The lowest BCUT2D eigenvalue weighted by atomic mass is 10.1. The Morgan fingerprint density at radius 1 is 1.09 bits per heavy atom. The molecule has 2 aromatic carbocycles. The van der Waals surface area contributed by atoms with E-state index in [4.69, 9.17) is 5.11 Å². The van der Waals surface area contributed by atoms with Crippen LogP contribution in [0.5, 0.6) is 0 Å². The summed E-state index contributed by atoms with van der Waals surface area (Å²) >= 11 is 0. The fourth-order valence-electron chi connectivity index (χ4n) is 1.90. The summed E-state index contributed by atoms with van der Waals surface area (Å²) in [5, 5.41) is 8.76. The molecule has 0 aromatic heterocycles. The third-order valence-electron chi connectivity index (χ3n) is 3.10. The minimum Gasteiger partial charge on any atom is -0.384 e. The van der Waals surface area contributed by atoms with Crippen molar-refractivity contribution in [2.24, 2.45) is 0 Å². The van der Waals surface area contributed by atoms with Gasteiger partial charge in [0, 0.05) is 12.1 Å². The van der Waals surface area contributed by atoms with Crippen LogP contribution in [0.4, 0.5) is 0 Å². The lowest BCUT2D eigenvalue weighted by Crippen LogP contribution is -2.23. The first-order valence-corrected chi connectivity index (χ1v) is 8.25. The van der Waals surface area contributed by atoms with Crippen LogP contribution < -0.4 is 4.72 Å². The Morgan fingerprint density at radius 3 is 2.45 bits per heavy atom. The van der Waals surface area contributed by atoms with Gasteiger partial charge in [-0.2, -0.15) is 0 Å². The van der Waals surface area contributed by atoms with Crippen LogP contribution in [-0.4, -0.2) is 20.1 Å². The number of aliphatic hydroxyl groups is 1. The van der Waals surface area contributed by atoms with Gasteiger partial charge in [0.15, 0.2) is 0 Å². The van der Waals surface area contributed by atoms with E-state index in [0.29, 0.717) is 5.56 Å². The van der Waals surface area contributed by atoms with E-state index < -0.39 is 10.0 Å². The van der Waals surface area contributed by atoms with Crippen molar-refractivity contribution in [1.29, 1.82) is 0 Å². The second-order valence-corrected chi connectivity index (χ2v) is 6.52. The second kappa shape index (κ2) is 7.23. The van der Waals surface area contributed by atoms with Crippen molar-refractivity contribution < 1.29 is 13.5 Å². The Balaban J connectivity index is 2.17. The van der Waals surface area contributed by atoms with Gasteiger partial charge in [0.25, 0.3) is 0 Å². The van der Waals surface area contributed by atoms with Gasteiger partial charge in [-0.3, -0.25) is 0 Å². The molecular weight excluding hydrogens is 298 g/mol. The Kier molecular flexibility index (Phi) is 5.34. The highest BCUT2D eigenvalue weighted by Crippen LogP contribution is 2.12. The van der Waals surface area contributed by atoms with Crippen molar-refractivity contribution in [3.8, 4) is 11.8 Å². The van der Waals surface area contributed by atoms with Gasteiger partial charge in [-0.1, -0.05) is 47.7 Å². The number of aryl methyl sites for hydroxylation is 1. The molecule has 0 saturated carbocycles. The topological polar surface area (TPSA) is 66.4 Å². The maximum atomic E-state index is 12.3. The zero-order valence-corrected chi connectivity index (χ0v) is 13.0. The molecular formula is C17H17NO3S. The molecule has 4 nitrogen and oxygen atoms in total. The first-order valence-electron chi connectivity index (χ1n) is 6.77. The summed E-state index contributed by atoms with van der Waals surface area (Å²) in [6.45, 7) is 1.82. The summed E-state index contributed by atoms with van der Waals surface area (Å²) in [4.78, 5) is 0.233. The number of hydrogen-bond acceptors (Lipinski definition) is 3. The predicted octanol–water partition coefficient (Wildman–Crippen LogP) is 1.82. The average Bonchev–Trinajstić information content (AvgIpc) is 2.52. The molecule has 0 saturated heterocycles. The van der Waals surface area contributed by atoms with Crippen LogP contribution in [0.2, 0.25) is 0 Å². The molecule has 0 atom stereocenters. The van der Waals surface area contributed by atoms with Crippen LogP contribution in [0.15, 0.2) is 53.4 Å². The third kappa shape index (κ3) is 4.18. The lowest BCUT2D eigenvalue weighted by molar-refractivity contribution is 0.350. The Bertz CT molecular complexity index is 800. The molecule has 0 amide bonds.